The molecule has 1 saturated heterocycles. The topological polar surface area (TPSA) is 79.4 Å². The number of rotatable bonds is 5. The van der Waals surface area contributed by atoms with Crippen LogP contribution in [0.25, 0.3) is 22.0 Å². The number of hydrogen-bond acceptors (Lipinski definition) is 6. The number of thiophene rings is 1. The van der Waals surface area contributed by atoms with Crippen LogP contribution in [0, 0.1) is 5.92 Å². The molecule has 0 bridgehead atoms. The molecule has 1 fully saturated rings. The minimum Gasteiger partial charge on any atom is -0.302 e. The quantitative estimate of drug-likeness (QED) is 0.430. The van der Waals surface area contributed by atoms with E-state index in [1.807, 2.05) is 29.6 Å². The number of benzene rings is 2. The van der Waals surface area contributed by atoms with Gasteiger partial charge >= 0.3 is 0 Å². The van der Waals surface area contributed by atoms with E-state index >= 15 is 0 Å². The molecule has 32 heavy (non-hydrogen) atoms. The summed E-state index contributed by atoms with van der Waals surface area (Å²) in [4.78, 5) is 17.6. The number of nitrogens with one attached hydrogen (secondary N) is 1. The van der Waals surface area contributed by atoms with Crippen molar-refractivity contribution in [2.45, 2.75) is 17.1 Å². The number of amides is 1. The third-order valence-electron chi connectivity index (χ3n) is 5.64. The number of nitrogens with zero attached hydrogens (tertiary/aromatic N) is 2. The molecule has 1 unspecified atom stereocenters. The molecule has 1 aliphatic rings. The number of carbonyl (C=O) groups is 1. The largest absolute Gasteiger partial charge is 0.302 e. The molecule has 1 aliphatic heterocycles. The van der Waals surface area contributed by atoms with Crippen molar-refractivity contribution in [1.82, 2.24) is 9.29 Å². The SMILES string of the molecule is O=C(Nc1nc(-c2cccc3ccccc23)cs1)C1CCCN(S(=O)(=O)c2cccs2)C1. The van der Waals surface area contributed by atoms with Crippen LogP contribution >= 0.6 is 22.7 Å². The first kappa shape index (κ1) is 21.3. The van der Waals surface area contributed by atoms with E-state index in [0.29, 0.717) is 28.7 Å². The van der Waals surface area contributed by atoms with Gasteiger partial charge < -0.3 is 5.32 Å². The van der Waals surface area contributed by atoms with Crippen LogP contribution in [0.3, 0.4) is 0 Å². The van der Waals surface area contributed by atoms with Crippen LogP contribution in [0.2, 0.25) is 0 Å². The summed E-state index contributed by atoms with van der Waals surface area (Å²) in [7, 11) is -3.55. The zero-order valence-corrected chi connectivity index (χ0v) is 19.6. The van der Waals surface area contributed by atoms with Gasteiger partial charge in [-0.05, 0) is 35.1 Å². The number of anilines is 1. The molecule has 2 aromatic carbocycles. The van der Waals surface area contributed by atoms with Gasteiger partial charge in [0.15, 0.2) is 5.13 Å². The zero-order valence-electron chi connectivity index (χ0n) is 17.1. The fourth-order valence-electron chi connectivity index (χ4n) is 4.02. The smallest absolute Gasteiger partial charge is 0.252 e. The van der Waals surface area contributed by atoms with Crippen LogP contribution in [0.5, 0.6) is 0 Å². The molecule has 0 spiro atoms. The van der Waals surface area contributed by atoms with E-state index in [1.54, 1.807) is 17.5 Å². The molecule has 3 heterocycles. The van der Waals surface area contributed by atoms with Crippen molar-refractivity contribution in [3.63, 3.8) is 0 Å². The Morgan fingerprint density at radius 2 is 1.91 bits per heavy atom. The fourth-order valence-corrected chi connectivity index (χ4v) is 7.41. The minimum atomic E-state index is -3.55. The Hall–Kier alpha value is -2.59. The maximum Gasteiger partial charge on any atom is 0.252 e. The Kier molecular flexibility index (Phi) is 5.81. The number of sulfonamides is 1. The Bertz CT molecular complexity index is 1360. The first-order chi connectivity index (χ1) is 15.5. The highest BCUT2D eigenvalue weighted by molar-refractivity contribution is 7.91. The minimum absolute atomic E-state index is 0.185. The Labute approximate surface area is 194 Å². The standard InChI is InChI=1S/C23H21N3O3S3/c27-22(17-8-4-12-26(14-17)32(28,29)21-11-5-13-30-21)25-23-24-20(15-31-23)19-10-3-7-16-6-1-2-9-18(16)19/h1-3,5-7,9-11,13,15,17H,4,8,12,14H2,(H,24,25,27). The molecule has 2 aromatic heterocycles. The van der Waals surface area contributed by atoms with Crippen LogP contribution in [0.4, 0.5) is 5.13 Å². The molecule has 0 radical (unpaired) electrons. The summed E-state index contributed by atoms with van der Waals surface area (Å²) >= 11 is 2.57. The molecule has 0 saturated carbocycles. The molecule has 9 heteroatoms. The summed E-state index contributed by atoms with van der Waals surface area (Å²) in [6.07, 6.45) is 1.31. The molecular formula is C23H21N3O3S3. The highest BCUT2D eigenvalue weighted by atomic mass is 32.2. The maximum absolute atomic E-state index is 12.9. The van der Waals surface area contributed by atoms with E-state index in [2.05, 4.69) is 28.5 Å². The summed E-state index contributed by atoms with van der Waals surface area (Å²) in [6, 6.07) is 17.5. The molecule has 4 aromatic rings. The van der Waals surface area contributed by atoms with Crippen molar-refractivity contribution in [1.29, 1.82) is 0 Å². The van der Waals surface area contributed by atoms with Gasteiger partial charge in [0, 0.05) is 24.0 Å². The summed E-state index contributed by atoms with van der Waals surface area (Å²) in [6.45, 7) is 0.625. The van der Waals surface area contributed by atoms with Crippen molar-refractivity contribution in [2.24, 2.45) is 5.92 Å². The van der Waals surface area contributed by atoms with Crippen LogP contribution in [0.1, 0.15) is 12.8 Å². The van der Waals surface area contributed by atoms with Crippen molar-refractivity contribution in [3.8, 4) is 11.3 Å². The first-order valence-electron chi connectivity index (χ1n) is 10.3. The molecule has 5 rings (SSSR count). The lowest BCUT2D eigenvalue weighted by Crippen LogP contribution is -2.43. The lowest BCUT2D eigenvalue weighted by Gasteiger charge is -2.30. The number of piperidine rings is 1. The molecular weight excluding hydrogens is 462 g/mol. The van der Waals surface area contributed by atoms with Gasteiger partial charge in [0.05, 0.1) is 11.6 Å². The van der Waals surface area contributed by atoms with Gasteiger partial charge in [-0.2, -0.15) is 4.31 Å². The predicted molar refractivity (Wildman–Crippen MR) is 129 cm³/mol. The monoisotopic (exact) mass is 483 g/mol. The normalized spacial score (nSPS) is 17.4. The zero-order chi connectivity index (χ0) is 22.1. The lowest BCUT2D eigenvalue weighted by atomic mass is 9.99. The van der Waals surface area contributed by atoms with Gasteiger partial charge in [0.1, 0.15) is 4.21 Å². The Morgan fingerprint density at radius 1 is 1.06 bits per heavy atom. The summed E-state index contributed by atoms with van der Waals surface area (Å²) < 4.78 is 27.4. The van der Waals surface area contributed by atoms with Gasteiger partial charge in [0.2, 0.25) is 5.91 Å². The molecule has 0 aliphatic carbocycles. The summed E-state index contributed by atoms with van der Waals surface area (Å²) in [5.74, 6) is -0.585. The lowest BCUT2D eigenvalue weighted by molar-refractivity contribution is -0.120. The molecule has 1 amide bonds. The van der Waals surface area contributed by atoms with Gasteiger partial charge in [0.25, 0.3) is 10.0 Å². The highest BCUT2D eigenvalue weighted by Gasteiger charge is 2.34. The molecule has 1 atom stereocenters. The van der Waals surface area contributed by atoms with Gasteiger partial charge in [-0.15, -0.1) is 22.7 Å². The second kappa shape index (κ2) is 8.74. The van der Waals surface area contributed by atoms with E-state index in [0.717, 1.165) is 22.0 Å². The fraction of sp³-hybridized carbons (Fsp3) is 0.217. The van der Waals surface area contributed by atoms with E-state index in [4.69, 9.17) is 0 Å². The van der Waals surface area contributed by atoms with Crippen molar-refractivity contribution in [3.05, 3.63) is 65.4 Å². The van der Waals surface area contributed by atoms with E-state index < -0.39 is 15.9 Å². The molecule has 6 nitrogen and oxygen atoms in total. The average molecular weight is 484 g/mol. The molecule has 1 N–H and O–H groups in total. The third kappa shape index (κ3) is 4.09. The number of aromatic nitrogens is 1. The second-order valence-corrected chi connectivity index (χ2v) is 11.7. The molecule has 164 valence electrons. The second-order valence-electron chi connectivity index (χ2n) is 7.69. The van der Waals surface area contributed by atoms with Crippen LogP contribution in [-0.4, -0.2) is 36.7 Å². The number of hydrogen-bond donors (Lipinski definition) is 1. The predicted octanol–water partition coefficient (Wildman–Crippen LogP) is 5.06. The van der Waals surface area contributed by atoms with E-state index in [-0.39, 0.29) is 12.5 Å². The van der Waals surface area contributed by atoms with Gasteiger partial charge in [-0.25, -0.2) is 13.4 Å². The van der Waals surface area contributed by atoms with Crippen LogP contribution < -0.4 is 5.32 Å². The van der Waals surface area contributed by atoms with Crippen LogP contribution in [-0.2, 0) is 14.8 Å². The summed E-state index contributed by atoms with van der Waals surface area (Å²) in [5, 5.41) is 9.36. The van der Waals surface area contributed by atoms with Crippen LogP contribution in [0.15, 0.2) is 69.6 Å². The number of thiazole rings is 1. The average Bonchev–Trinajstić information content (AvgIpc) is 3.52. The van der Waals surface area contributed by atoms with Gasteiger partial charge in [-0.3, -0.25) is 4.79 Å². The number of fused-ring (bicyclic) bond motifs is 1. The van der Waals surface area contributed by atoms with Crippen molar-refractivity contribution >= 4 is 54.5 Å². The van der Waals surface area contributed by atoms with E-state index in [9.17, 15) is 13.2 Å². The first-order valence-corrected chi connectivity index (χ1v) is 13.5. The van der Waals surface area contributed by atoms with Gasteiger partial charge in [-0.1, -0.05) is 48.5 Å². The maximum atomic E-state index is 12.9. The van der Waals surface area contributed by atoms with Crippen molar-refractivity contribution in [2.75, 3.05) is 18.4 Å². The third-order valence-corrected chi connectivity index (χ3v) is 9.64. The number of carbonyl (C=O) groups excluding carboxylic acids is 1. The summed E-state index contributed by atoms with van der Waals surface area (Å²) in [5.41, 5.74) is 1.83. The van der Waals surface area contributed by atoms with E-state index in [1.165, 1.54) is 27.0 Å². The van der Waals surface area contributed by atoms with Crippen molar-refractivity contribution < 1.29 is 13.2 Å². The Morgan fingerprint density at radius 3 is 2.75 bits per heavy atom. The Balaban J connectivity index is 1.31. The highest BCUT2D eigenvalue weighted by Crippen LogP contribution is 2.32.